The van der Waals surface area contributed by atoms with Gasteiger partial charge in [0.2, 0.25) is 0 Å². The third kappa shape index (κ3) is 3.33. The highest BCUT2D eigenvalue weighted by molar-refractivity contribution is 7.85. The summed E-state index contributed by atoms with van der Waals surface area (Å²) in [6.45, 7) is 0. The van der Waals surface area contributed by atoms with Gasteiger partial charge in [0.05, 0.1) is 16.6 Å². The summed E-state index contributed by atoms with van der Waals surface area (Å²) < 4.78 is 46.9. The molecule has 0 fully saturated rings. The van der Waals surface area contributed by atoms with E-state index in [9.17, 15) is 13.0 Å². The molecule has 1 rings (SSSR count). The van der Waals surface area contributed by atoms with Gasteiger partial charge in [0.1, 0.15) is 0 Å². The molecular formula is C10H12F2O3S. The third-order valence-electron chi connectivity index (χ3n) is 1.97. The average Bonchev–Trinajstić information content (AvgIpc) is 2.29. The van der Waals surface area contributed by atoms with Crippen LogP contribution in [-0.4, -0.2) is 30.5 Å². The summed E-state index contributed by atoms with van der Waals surface area (Å²) in [7, 11) is 1.34. The lowest BCUT2D eigenvalue weighted by molar-refractivity contribution is -0.0847. The van der Waals surface area contributed by atoms with E-state index in [0.717, 1.165) is 12.1 Å². The van der Waals surface area contributed by atoms with Crippen molar-refractivity contribution in [3.8, 4) is 0 Å². The lowest BCUT2D eigenvalue weighted by Gasteiger charge is -2.12. The van der Waals surface area contributed by atoms with Gasteiger partial charge in [-0.1, -0.05) is 0 Å². The van der Waals surface area contributed by atoms with E-state index in [1.807, 2.05) is 0 Å². The summed E-state index contributed by atoms with van der Waals surface area (Å²) in [4.78, 5) is 0.206. The average molecular weight is 250 g/mol. The van der Waals surface area contributed by atoms with Crippen LogP contribution < -0.4 is 0 Å². The van der Waals surface area contributed by atoms with Crippen LogP contribution in [0.5, 0.6) is 0 Å². The molecule has 6 heteroatoms. The van der Waals surface area contributed by atoms with Crippen LogP contribution in [0.4, 0.5) is 8.78 Å². The van der Waals surface area contributed by atoms with Crippen molar-refractivity contribution in [1.29, 1.82) is 0 Å². The second kappa shape index (κ2) is 6.03. The Morgan fingerprint density at radius 1 is 1.25 bits per heavy atom. The van der Waals surface area contributed by atoms with Gasteiger partial charge in [0.25, 0.3) is 0 Å². The molecule has 1 aromatic carbocycles. The largest absolute Gasteiger partial charge is 0.355 e. The first-order chi connectivity index (χ1) is 7.58. The quantitative estimate of drug-likeness (QED) is 0.746. The smallest absolute Gasteiger partial charge is 0.168 e. The number of hydrogen-bond donors (Lipinski definition) is 0. The highest BCUT2D eigenvalue weighted by atomic mass is 32.2. The molecule has 1 unspecified atom stereocenters. The third-order valence-corrected chi connectivity index (χ3v) is 3.32. The molecule has 16 heavy (non-hydrogen) atoms. The van der Waals surface area contributed by atoms with Crippen molar-refractivity contribution in [3.05, 3.63) is 29.8 Å². The summed E-state index contributed by atoms with van der Waals surface area (Å²) >= 11 is 0. The predicted molar refractivity (Wildman–Crippen MR) is 55.4 cm³/mol. The van der Waals surface area contributed by atoms with Gasteiger partial charge in [-0.15, -0.1) is 0 Å². The van der Waals surface area contributed by atoms with Crippen molar-refractivity contribution in [1.82, 2.24) is 0 Å². The van der Waals surface area contributed by atoms with Crippen LogP contribution in [0.1, 0.15) is 0 Å². The first kappa shape index (κ1) is 13.2. The van der Waals surface area contributed by atoms with Crippen molar-refractivity contribution in [3.63, 3.8) is 0 Å². The van der Waals surface area contributed by atoms with Gasteiger partial charge < -0.3 is 9.47 Å². The van der Waals surface area contributed by atoms with E-state index in [0.29, 0.717) is 0 Å². The molecule has 0 aliphatic rings. The fourth-order valence-corrected chi connectivity index (χ4v) is 2.24. The minimum atomic E-state index is -1.49. The summed E-state index contributed by atoms with van der Waals surface area (Å²) in [5, 5.41) is 0. The Hall–Kier alpha value is -0.850. The second-order valence-electron chi connectivity index (χ2n) is 2.99. The van der Waals surface area contributed by atoms with Crippen molar-refractivity contribution in [2.45, 2.75) is 11.2 Å². The van der Waals surface area contributed by atoms with E-state index in [2.05, 4.69) is 0 Å². The Balaban J connectivity index is 2.76. The molecule has 0 aliphatic heterocycles. The van der Waals surface area contributed by atoms with E-state index in [4.69, 9.17) is 9.47 Å². The van der Waals surface area contributed by atoms with E-state index in [1.54, 1.807) is 0 Å². The molecule has 1 aromatic rings. The molecule has 0 amide bonds. The maximum Gasteiger partial charge on any atom is 0.168 e. The monoisotopic (exact) mass is 250 g/mol. The zero-order valence-electron chi connectivity index (χ0n) is 8.91. The highest BCUT2D eigenvalue weighted by Gasteiger charge is 2.14. The molecule has 90 valence electrons. The van der Waals surface area contributed by atoms with Crippen molar-refractivity contribution in [2.75, 3.05) is 20.0 Å². The number of rotatable bonds is 5. The number of benzene rings is 1. The van der Waals surface area contributed by atoms with Gasteiger partial charge in [0.15, 0.2) is 17.9 Å². The highest BCUT2D eigenvalue weighted by Crippen LogP contribution is 2.13. The molecule has 0 saturated carbocycles. The maximum absolute atomic E-state index is 12.9. The van der Waals surface area contributed by atoms with Crippen LogP contribution >= 0.6 is 0 Å². The van der Waals surface area contributed by atoms with Crippen LogP contribution in [0.15, 0.2) is 23.1 Å². The van der Waals surface area contributed by atoms with E-state index in [1.165, 1.54) is 20.3 Å². The Morgan fingerprint density at radius 2 is 1.88 bits per heavy atom. The van der Waals surface area contributed by atoms with Crippen LogP contribution in [0.25, 0.3) is 0 Å². The first-order valence-corrected chi connectivity index (χ1v) is 5.79. The maximum atomic E-state index is 12.9. The summed E-state index contributed by atoms with van der Waals surface area (Å²) in [5.41, 5.74) is 0. The molecule has 0 radical (unpaired) electrons. The van der Waals surface area contributed by atoms with E-state index >= 15 is 0 Å². The number of hydrogen-bond acceptors (Lipinski definition) is 3. The summed E-state index contributed by atoms with van der Waals surface area (Å²) in [6, 6.07) is 3.13. The van der Waals surface area contributed by atoms with Crippen LogP contribution in [0, 0.1) is 11.6 Å². The van der Waals surface area contributed by atoms with Crippen LogP contribution in [0.3, 0.4) is 0 Å². The Labute approximate surface area is 94.8 Å². The fraction of sp³-hybridized carbons (Fsp3) is 0.400. The predicted octanol–water partition coefficient (Wildman–Crippen LogP) is 1.69. The molecule has 0 spiro atoms. The standard InChI is InChI=1S/C10H12F2O3S/c1-14-10(15-2)6-16(13)7-3-4-8(11)9(12)5-7/h3-5,10H,6H2,1-2H3. The van der Waals surface area contributed by atoms with Crippen LogP contribution in [-0.2, 0) is 20.3 Å². The molecular weight excluding hydrogens is 238 g/mol. The topological polar surface area (TPSA) is 35.5 Å². The lowest BCUT2D eigenvalue weighted by atomic mass is 10.3. The SMILES string of the molecule is COC(CS(=O)c1ccc(F)c(F)c1)OC. The molecule has 0 aliphatic carbocycles. The molecule has 0 bridgehead atoms. The summed E-state index contributed by atoms with van der Waals surface area (Å²) in [6.07, 6.45) is -0.631. The van der Waals surface area contributed by atoms with Gasteiger partial charge >= 0.3 is 0 Å². The minimum Gasteiger partial charge on any atom is -0.355 e. The Bertz CT molecular complexity index is 380. The number of halogens is 2. The second-order valence-corrected chi connectivity index (χ2v) is 4.48. The van der Waals surface area contributed by atoms with Crippen molar-refractivity contribution in [2.24, 2.45) is 0 Å². The van der Waals surface area contributed by atoms with Gasteiger partial charge in [0, 0.05) is 19.1 Å². The normalized spacial score (nSPS) is 13.1. The van der Waals surface area contributed by atoms with Gasteiger partial charge in [-0.2, -0.15) is 0 Å². The molecule has 0 saturated heterocycles. The minimum absolute atomic E-state index is 0.0675. The molecule has 3 nitrogen and oxygen atoms in total. The van der Waals surface area contributed by atoms with Crippen LogP contribution in [0.2, 0.25) is 0 Å². The molecule has 0 N–H and O–H groups in total. The van der Waals surface area contributed by atoms with Crippen molar-refractivity contribution < 1.29 is 22.5 Å². The Morgan fingerprint density at radius 3 is 2.38 bits per heavy atom. The first-order valence-electron chi connectivity index (χ1n) is 4.47. The zero-order chi connectivity index (χ0) is 12.1. The van der Waals surface area contributed by atoms with Gasteiger partial charge in [-0.25, -0.2) is 8.78 Å². The molecule has 1 atom stereocenters. The van der Waals surface area contributed by atoms with E-state index in [-0.39, 0.29) is 10.6 Å². The van der Waals surface area contributed by atoms with Crippen molar-refractivity contribution >= 4 is 10.8 Å². The number of ether oxygens (including phenoxy) is 2. The lowest BCUT2D eigenvalue weighted by Crippen LogP contribution is -2.21. The summed E-state index contributed by atoms with van der Waals surface area (Å²) in [5.74, 6) is -1.91. The zero-order valence-corrected chi connectivity index (χ0v) is 9.72. The fourth-order valence-electron chi connectivity index (χ4n) is 1.07. The van der Waals surface area contributed by atoms with E-state index < -0.39 is 28.7 Å². The number of methoxy groups -OCH3 is 2. The molecule has 0 aromatic heterocycles. The molecule has 0 heterocycles. The van der Waals surface area contributed by atoms with Gasteiger partial charge in [-0.3, -0.25) is 4.21 Å². The Kier molecular flexibility index (Phi) is 4.98. The van der Waals surface area contributed by atoms with Gasteiger partial charge in [-0.05, 0) is 18.2 Å².